The molecule has 0 bridgehead atoms. The smallest absolute Gasteiger partial charge is 0.248 e. The molecule has 1 fully saturated rings. The van der Waals surface area contributed by atoms with Crippen molar-refractivity contribution in [2.24, 2.45) is 0 Å². The van der Waals surface area contributed by atoms with Crippen LogP contribution >= 0.6 is 0 Å². The molecule has 1 aliphatic rings. The van der Waals surface area contributed by atoms with Crippen molar-refractivity contribution in [1.29, 1.82) is 0 Å². The monoisotopic (exact) mass is 383 g/mol. The van der Waals surface area contributed by atoms with Crippen molar-refractivity contribution in [2.45, 2.75) is 44.4 Å². The van der Waals surface area contributed by atoms with Crippen molar-refractivity contribution in [3.8, 4) is 11.3 Å². The standard InChI is InChI=1S/C25H25N3O/c29-24-17-21(12-13-26-24)23-11-10-22(25-27-14-15-28(23)25)16-18-6-8-20(9-7-18)19-4-2-1-3-5-19/h6-15,17,19H,1-5,16H2,(H,26,29). The SMILES string of the molecule is O=c1cc(-c2ccc(Cc3ccc(C4CCCCC4)cc3)c3nccn23)cc[nH]1. The molecule has 0 saturated heterocycles. The number of hydrogen-bond acceptors (Lipinski definition) is 2. The minimum Gasteiger partial charge on any atom is -0.329 e. The number of rotatable bonds is 4. The van der Waals surface area contributed by atoms with Gasteiger partial charge < -0.3 is 4.98 Å². The molecule has 5 rings (SSSR count). The molecule has 4 heteroatoms. The third kappa shape index (κ3) is 3.63. The Kier molecular flexibility index (Phi) is 4.76. The zero-order valence-corrected chi connectivity index (χ0v) is 16.5. The van der Waals surface area contributed by atoms with Crippen molar-refractivity contribution in [2.75, 3.05) is 0 Å². The fourth-order valence-electron chi connectivity index (χ4n) is 4.61. The van der Waals surface area contributed by atoms with E-state index in [2.05, 4.69) is 50.8 Å². The molecule has 4 nitrogen and oxygen atoms in total. The van der Waals surface area contributed by atoms with E-state index in [1.54, 1.807) is 12.3 Å². The van der Waals surface area contributed by atoms with E-state index in [1.807, 2.05) is 18.5 Å². The van der Waals surface area contributed by atoms with Crippen LogP contribution in [0.15, 0.2) is 71.9 Å². The van der Waals surface area contributed by atoms with Gasteiger partial charge in [-0.2, -0.15) is 0 Å². The van der Waals surface area contributed by atoms with Crippen LogP contribution in [0.2, 0.25) is 0 Å². The fourth-order valence-corrected chi connectivity index (χ4v) is 4.61. The van der Waals surface area contributed by atoms with E-state index < -0.39 is 0 Å². The van der Waals surface area contributed by atoms with Crippen molar-refractivity contribution >= 4 is 5.65 Å². The quantitative estimate of drug-likeness (QED) is 0.518. The van der Waals surface area contributed by atoms with E-state index in [0.29, 0.717) is 0 Å². The summed E-state index contributed by atoms with van der Waals surface area (Å²) in [6, 6.07) is 16.9. The molecule has 4 aromatic rings. The molecule has 0 spiro atoms. The van der Waals surface area contributed by atoms with Gasteiger partial charge in [-0.25, -0.2) is 4.98 Å². The lowest BCUT2D eigenvalue weighted by Crippen LogP contribution is -2.05. The van der Waals surface area contributed by atoms with Gasteiger partial charge in [-0.15, -0.1) is 0 Å². The molecule has 0 amide bonds. The Morgan fingerprint density at radius 2 is 1.83 bits per heavy atom. The summed E-state index contributed by atoms with van der Waals surface area (Å²) in [4.78, 5) is 19.0. The summed E-state index contributed by atoms with van der Waals surface area (Å²) in [6.07, 6.45) is 13.1. The first-order valence-electron chi connectivity index (χ1n) is 10.5. The van der Waals surface area contributed by atoms with Gasteiger partial charge in [0.05, 0.1) is 5.69 Å². The normalized spacial score (nSPS) is 15.0. The minimum absolute atomic E-state index is 0.0992. The highest BCUT2D eigenvalue weighted by molar-refractivity contribution is 5.65. The lowest BCUT2D eigenvalue weighted by molar-refractivity contribution is 0.443. The van der Waals surface area contributed by atoms with Crippen LogP contribution in [0.25, 0.3) is 16.9 Å². The second kappa shape index (κ2) is 7.70. The number of pyridine rings is 2. The molecule has 3 heterocycles. The van der Waals surface area contributed by atoms with E-state index in [1.165, 1.54) is 48.8 Å². The predicted molar refractivity (Wildman–Crippen MR) is 116 cm³/mol. The Morgan fingerprint density at radius 1 is 1.00 bits per heavy atom. The molecule has 3 aromatic heterocycles. The van der Waals surface area contributed by atoms with Crippen LogP contribution in [-0.2, 0) is 6.42 Å². The Bertz CT molecular complexity index is 1180. The van der Waals surface area contributed by atoms with Gasteiger partial charge in [-0.3, -0.25) is 9.20 Å². The van der Waals surface area contributed by atoms with Crippen LogP contribution in [0, 0.1) is 0 Å². The Morgan fingerprint density at radius 3 is 2.62 bits per heavy atom. The van der Waals surface area contributed by atoms with E-state index in [9.17, 15) is 4.79 Å². The summed E-state index contributed by atoms with van der Waals surface area (Å²) in [6.45, 7) is 0. The van der Waals surface area contributed by atoms with E-state index in [-0.39, 0.29) is 5.56 Å². The lowest BCUT2D eigenvalue weighted by Gasteiger charge is -2.22. The molecule has 1 saturated carbocycles. The highest BCUT2D eigenvalue weighted by atomic mass is 16.1. The second-order valence-corrected chi connectivity index (χ2v) is 8.06. The summed E-state index contributed by atoms with van der Waals surface area (Å²) in [7, 11) is 0. The topological polar surface area (TPSA) is 50.2 Å². The van der Waals surface area contributed by atoms with Crippen LogP contribution in [0.1, 0.15) is 54.7 Å². The zero-order valence-electron chi connectivity index (χ0n) is 16.5. The average molecular weight is 383 g/mol. The van der Waals surface area contributed by atoms with E-state index in [4.69, 9.17) is 0 Å². The highest BCUT2D eigenvalue weighted by Crippen LogP contribution is 2.33. The first kappa shape index (κ1) is 17.9. The number of nitrogens with one attached hydrogen (secondary N) is 1. The maximum atomic E-state index is 11.7. The van der Waals surface area contributed by atoms with Crippen LogP contribution in [-0.4, -0.2) is 14.4 Å². The minimum atomic E-state index is -0.0992. The number of imidazole rings is 1. The third-order valence-corrected chi connectivity index (χ3v) is 6.15. The van der Waals surface area contributed by atoms with Gasteiger partial charge in [0.25, 0.3) is 0 Å². The summed E-state index contributed by atoms with van der Waals surface area (Å²) in [5, 5.41) is 0. The fraction of sp³-hybridized carbons (Fsp3) is 0.280. The number of nitrogens with zero attached hydrogens (tertiary/aromatic N) is 2. The molecule has 0 atom stereocenters. The third-order valence-electron chi connectivity index (χ3n) is 6.15. The first-order valence-corrected chi connectivity index (χ1v) is 10.5. The van der Waals surface area contributed by atoms with Gasteiger partial charge in [0.15, 0.2) is 0 Å². The first-order chi connectivity index (χ1) is 14.3. The Balaban J connectivity index is 1.43. The molecule has 1 N–H and O–H groups in total. The number of fused-ring (bicyclic) bond motifs is 1. The molecular formula is C25H25N3O. The maximum Gasteiger partial charge on any atom is 0.248 e. The van der Waals surface area contributed by atoms with Crippen LogP contribution in [0.3, 0.4) is 0 Å². The van der Waals surface area contributed by atoms with Crippen molar-refractivity contribution in [1.82, 2.24) is 14.4 Å². The van der Waals surface area contributed by atoms with Crippen LogP contribution < -0.4 is 5.56 Å². The molecular weight excluding hydrogens is 358 g/mol. The second-order valence-electron chi connectivity index (χ2n) is 8.06. The van der Waals surface area contributed by atoms with Crippen LogP contribution in [0.4, 0.5) is 0 Å². The molecule has 0 radical (unpaired) electrons. The van der Waals surface area contributed by atoms with Crippen LogP contribution in [0.5, 0.6) is 0 Å². The summed E-state index contributed by atoms with van der Waals surface area (Å²) in [5.74, 6) is 0.741. The number of aromatic nitrogens is 3. The van der Waals surface area contributed by atoms with Crippen molar-refractivity contribution < 1.29 is 0 Å². The molecule has 0 aliphatic heterocycles. The predicted octanol–water partition coefficient (Wildman–Crippen LogP) is 5.33. The Hall–Kier alpha value is -3.14. The molecule has 146 valence electrons. The zero-order chi connectivity index (χ0) is 19.6. The Labute approximate surface area is 170 Å². The molecule has 29 heavy (non-hydrogen) atoms. The van der Waals surface area contributed by atoms with Gasteiger partial charge >= 0.3 is 0 Å². The average Bonchev–Trinajstić information content (AvgIpc) is 3.26. The van der Waals surface area contributed by atoms with Crippen molar-refractivity contribution in [3.63, 3.8) is 0 Å². The molecule has 1 aromatic carbocycles. The number of hydrogen-bond donors (Lipinski definition) is 1. The molecule has 1 aliphatic carbocycles. The van der Waals surface area contributed by atoms with Gasteiger partial charge in [0, 0.05) is 36.6 Å². The summed E-state index contributed by atoms with van der Waals surface area (Å²) >= 11 is 0. The lowest BCUT2D eigenvalue weighted by atomic mass is 9.84. The largest absolute Gasteiger partial charge is 0.329 e. The van der Waals surface area contributed by atoms with E-state index in [0.717, 1.165) is 29.2 Å². The number of aromatic amines is 1. The maximum absolute atomic E-state index is 11.7. The molecule has 0 unspecified atom stereocenters. The van der Waals surface area contributed by atoms with Gasteiger partial charge in [-0.05, 0) is 47.6 Å². The van der Waals surface area contributed by atoms with Gasteiger partial charge in [0.1, 0.15) is 5.65 Å². The van der Waals surface area contributed by atoms with E-state index >= 15 is 0 Å². The highest BCUT2D eigenvalue weighted by Gasteiger charge is 2.15. The summed E-state index contributed by atoms with van der Waals surface area (Å²) < 4.78 is 2.07. The van der Waals surface area contributed by atoms with Gasteiger partial charge in [-0.1, -0.05) is 49.6 Å². The number of H-pyrrole nitrogens is 1. The van der Waals surface area contributed by atoms with Crippen molar-refractivity contribution in [3.05, 3.63) is 94.2 Å². The number of benzene rings is 1. The summed E-state index contributed by atoms with van der Waals surface area (Å²) in [5.41, 5.74) is 6.69. The van der Waals surface area contributed by atoms with Gasteiger partial charge in [0.2, 0.25) is 5.56 Å².